The highest BCUT2D eigenvalue weighted by atomic mass is 32.2. The highest BCUT2D eigenvalue weighted by Crippen LogP contribution is 2.17. The molecule has 20 heavy (non-hydrogen) atoms. The summed E-state index contributed by atoms with van der Waals surface area (Å²) in [5.41, 5.74) is 0.561. The number of piperazine rings is 1. The van der Waals surface area contributed by atoms with Crippen LogP contribution in [0.1, 0.15) is 5.56 Å². The summed E-state index contributed by atoms with van der Waals surface area (Å²) in [6.45, 7) is 1.02. The number of nitrogens with two attached hydrogens (primary N) is 1. The van der Waals surface area contributed by atoms with Crippen molar-refractivity contribution < 1.29 is 18.3 Å². The summed E-state index contributed by atoms with van der Waals surface area (Å²) in [6.07, 6.45) is 0.0993. The van der Waals surface area contributed by atoms with E-state index in [-0.39, 0.29) is 31.2 Å². The normalized spacial score (nSPS) is 17.1. The minimum atomic E-state index is -3.69. The Morgan fingerprint density at radius 3 is 2.35 bits per heavy atom. The van der Waals surface area contributed by atoms with Crippen molar-refractivity contribution in [1.82, 2.24) is 9.21 Å². The molecule has 1 saturated heterocycles. The largest absolute Gasteiger partial charge is 0.508 e. The number of amides is 1. The summed E-state index contributed by atoms with van der Waals surface area (Å²) in [5, 5.41) is 14.7. The standard InChI is InChI=1S/C12H17N3O4S/c13-20(18,19)15-7-5-14(6-8-15)12(17)9-10-3-1-2-4-11(10)16/h1-4,16H,5-9H2,(H2,13,18,19). The van der Waals surface area contributed by atoms with Crippen molar-refractivity contribution in [2.45, 2.75) is 6.42 Å². The van der Waals surface area contributed by atoms with Gasteiger partial charge in [-0.15, -0.1) is 0 Å². The van der Waals surface area contributed by atoms with Gasteiger partial charge in [-0.05, 0) is 6.07 Å². The maximum Gasteiger partial charge on any atom is 0.277 e. The third kappa shape index (κ3) is 3.47. The second-order valence-electron chi connectivity index (χ2n) is 4.63. The van der Waals surface area contributed by atoms with Gasteiger partial charge >= 0.3 is 0 Å². The van der Waals surface area contributed by atoms with Gasteiger partial charge in [-0.3, -0.25) is 4.79 Å². The van der Waals surface area contributed by atoms with Gasteiger partial charge in [0.15, 0.2) is 0 Å². The van der Waals surface area contributed by atoms with Crippen LogP contribution in [-0.2, 0) is 21.4 Å². The van der Waals surface area contributed by atoms with E-state index >= 15 is 0 Å². The lowest BCUT2D eigenvalue weighted by molar-refractivity contribution is -0.131. The fourth-order valence-electron chi connectivity index (χ4n) is 2.13. The molecule has 0 saturated carbocycles. The highest BCUT2D eigenvalue weighted by molar-refractivity contribution is 7.86. The molecule has 0 unspecified atom stereocenters. The van der Waals surface area contributed by atoms with E-state index in [2.05, 4.69) is 0 Å². The van der Waals surface area contributed by atoms with Crippen LogP contribution >= 0.6 is 0 Å². The number of phenols is 1. The summed E-state index contributed by atoms with van der Waals surface area (Å²) < 4.78 is 23.5. The molecule has 1 amide bonds. The molecule has 8 heteroatoms. The minimum Gasteiger partial charge on any atom is -0.508 e. The lowest BCUT2D eigenvalue weighted by atomic mass is 10.1. The predicted octanol–water partition coefficient (Wildman–Crippen LogP) is -0.718. The van der Waals surface area contributed by atoms with Gasteiger partial charge in [0.1, 0.15) is 5.75 Å². The molecule has 0 bridgehead atoms. The summed E-state index contributed by atoms with van der Waals surface area (Å²) in [5.74, 6) is -0.0513. The molecule has 1 fully saturated rings. The number of benzene rings is 1. The Hall–Kier alpha value is -1.64. The van der Waals surface area contributed by atoms with E-state index in [0.717, 1.165) is 4.31 Å². The van der Waals surface area contributed by atoms with E-state index in [0.29, 0.717) is 18.7 Å². The average molecular weight is 299 g/mol. The van der Waals surface area contributed by atoms with Crippen molar-refractivity contribution in [3.05, 3.63) is 29.8 Å². The number of rotatable bonds is 3. The quantitative estimate of drug-likeness (QED) is 0.768. The Morgan fingerprint density at radius 2 is 1.80 bits per heavy atom. The first kappa shape index (κ1) is 14.8. The molecule has 1 heterocycles. The second-order valence-corrected chi connectivity index (χ2v) is 6.18. The third-order valence-corrected chi connectivity index (χ3v) is 4.37. The van der Waals surface area contributed by atoms with Gasteiger partial charge in [0.05, 0.1) is 6.42 Å². The molecular weight excluding hydrogens is 282 g/mol. The van der Waals surface area contributed by atoms with Gasteiger partial charge in [-0.1, -0.05) is 18.2 Å². The number of aromatic hydroxyl groups is 1. The fraction of sp³-hybridized carbons (Fsp3) is 0.417. The molecule has 7 nitrogen and oxygen atoms in total. The Bertz CT molecular complexity index is 594. The summed E-state index contributed by atoms with van der Waals surface area (Å²) >= 11 is 0. The lowest BCUT2D eigenvalue weighted by Gasteiger charge is -2.33. The molecule has 0 aliphatic carbocycles. The van der Waals surface area contributed by atoms with Crippen LogP contribution in [0.15, 0.2) is 24.3 Å². The van der Waals surface area contributed by atoms with Crippen LogP contribution in [0.4, 0.5) is 0 Å². The first-order valence-electron chi connectivity index (χ1n) is 6.20. The molecular formula is C12H17N3O4S. The van der Waals surface area contributed by atoms with Crippen molar-refractivity contribution in [3.8, 4) is 5.75 Å². The number of hydrogen-bond donors (Lipinski definition) is 2. The number of carbonyl (C=O) groups is 1. The third-order valence-electron chi connectivity index (χ3n) is 3.28. The Labute approximate surface area is 117 Å². The average Bonchev–Trinajstić information content (AvgIpc) is 2.40. The monoisotopic (exact) mass is 299 g/mol. The van der Waals surface area contributed by atoms with Crippen LogP contribution in [0.5, 0.6) is 5.75 Å². The zero-order valence-corrected chi connectivity index (χ0v) is 11.7. The Morgan fingerprint density at radius 1 is 1.20 bits per heavy atom. The van der Waals surface area contributed by atoms with E-state index in [1.54, 1.807) is 23.1 Å². The van der Waals surface area contributed by atoms with Crippen molar-refractivity contribution in [2.75, 3.05) is 26.2 Å². The zero-order chi connectivity index (χ0) is 14.8. The lowest BCUT2D eigenvalue weighted by Crippen LogP contribution is -2.52. The van der Waals surface area contributed by atoms with Gasteiger partial charge in [-0.25, -0.2) is 5.14 Å². The molecule has 110 valence electrons. The minimum absolute atomic E-state index is 0.0871. The molecule has 0 aromatic heterocycles. The molecule has 1 aliphatic heterocycles. The highest BCUT2D eigenvalue weighted by Gasteiger charge is 2.26. The first-order chi connectivity index (χ1) is 9.38. The molecule has 0 atom stereocenters. The maximum absolute atomic E-state index is 12.1. The summed E-state index contributed by atoms with van der Waals surface area (Å²) in [7, 11) is -3.69. The number of hydrogen-bond acceptors (Lipinski definition) is 4. The molecule has 1 aromatic carbocycles. The van der Waals surface area contributed by atoms with Crippen molar-refractivity contribution in [2.24, 2.45) is 5.14 Å². The van der Waals surface area contributed by atoms with E-state index in [1.165, 1.54) is 6.07 Å². The smallest absolute Gasteiger partial charge is 0.277 e. The van der Waals surface area contributed by atoms with Crippen molar-refractivity contribution in [3.63, 3.8) is 0 Å². The van der Waals surface area contributed by atoms with E-state index in [9.17, 15) is 18.3 Å². The van der Waals surface area contributed by atoms with Crippen LogP contribution in [0.2, 0.25) is 0 Å². The van der Waals surface area contributed by atoms with Gasteiger partial charge in [0.25, 0.3) is 10.2 Å². The zero-order valence-electron chi connectivity index (χ0n) is 10.9. The SMILES string of the molecule is NS(=O)(=O)N1CCN(C(=O)Cc2ccccc2O)CC1. The van der Waals surface area contributed by atoms with E-state index in [4.69, 9.17) is 5.14 Å². The second kappa shape index (κ2) is 5.78. The molecule has 1 aliphatic rings. The number of phenolic OH excluding ortho intramolecular Hbond substituents is 1. The van der Waals surface area contributed by atoms with Gasteiger partial charge in [0.2, 0.25) is 5.91 Å². The van der Waals surface area contributed by atoms with Crippen LogP contribution in [-0.4, -0.2) is 54.8 Å². The number of nitrogens with zero attached hydrogens (tertiary/aromatic N) is 2. The van der Waals surface area contributed by atoms with Crippen LogP contribution in [0, 0.1) is 0 Å². The molecule has 1 aromatic rings. The molecule has 0 spiro atoms. The Kier molecular flexibility index (Phi) is 4.26. The van der Waals surface area contributed by atoms with Crippen molar-refractivity contribution in [1.29, 1.82) is 0 Å². The Balaban J connectivity index is 1.94. The number of carbonyl (C=O) groups excluding carboxylic acids is 1. The summed E-state index contributed by atoms with van der Waals surface area (Å²) in [4.78, 5) is 13.7. The molecule has 3 N–H and O–H groups in total. The van der Waals surface area contributed by atoms with Gasteiger partial charge < -0.3 is 10.0 Å². The van der Waals surface area contributed by atoms with Crippen molar-refractivity contribution >= 4 is 16.1 Å². The first-order valence-corrected chi connectivity index (χ1v) is 7.71. The fourth-order valence-corrected chi connectivity index (χ4v) is 2.80. The molecule has 2 rings (SSSR count). The van der Waals surface area contributed by atoms with Gasteiger partial charge in [0, 0.05) is 31.7 Å². The topological polar surface area (TPSA) is 104 Å². The van der Waals surface area contributed by atoms with E-state index < -0.39 is 10.2 Å². The predicted molar refractivity (Wildman–Crippen MR) is 73.1 cm³/mol. The van der Waals surface area contributed by atoms with Gasteiger partial charge in [-0.2, -0.15) is 12.7 Å². The van der Waals surface area contributed by atoms with E-state index in [1.807, 2.05) is 0 Å². The van der Waals surface area contributed by atoms with Crippen LogP contribution in [0.3, 0.4) is 0 Å². The molecule has 0 radical (unpaired) electrons. The van der Waals surface area contributed by atoms with Crippen LogP contribution < -0.4 is 5.14 Å². The number of para-hydroxylation sites is 1. The maximum atomic E-state index is 12.1. The van der Waals surface area contributed by atoms with Crippen LogP contribution in [0.25, 0.3) is 0 Å². The summed E-state index contributed by atoms with van der Waals surface area (Å²) in [6, 6.07) is 6.66.